The highest BCUT2D eigenvalue weighted by atomic mass is 79.9. The fourth-order valence-electron chi connectivity index (χ4n) is 2.82. The molecule has 0 radical (unpaired) electrons. The van der Waals surface area contributed by atoms with E-state index in [-0.39, 0.29) is 17.9 Å². The summed E-state index contributed by atoms with van der Waals surface area (Å²) in [5, 5.41) is 2.57. The van der Waals surface area contributed by atoms with Crippen LogP contribution >= 0.6 is 43.5 Å². The predicted octanol–water partition coefficient (Wildman–Crippen LogP) is 4.85. The van der Waals surface area contributed by atoms with Crippen molar-refractivity contribution in [1.29, 1.82) is 0 Å². The molecule has 1 saturated heterocycles. The van der Waals surface area contributed by atoms with E-state index in [2.05, 4.69) is 43.1 Å². The quantitative estimate of drug-likeness (QED) is 0.334. The summed E-state index contributed by atoms with van der Waals surface area (Å²) < 4.78 is 6.81. The molecule has 0 bridgehead atoms. The molecule has 0 saturated carbocycles. The van der Waals surface area contributed by atoms with Crippen LogP contribution in [-0.4, -0.2) is 24.5 Å². The van der Waals surface area contributed by atoms with Crippen molar-refractivity contribution in [1.82, 2.24) is 5.32 Å². The minimum absolute atomic E-state index is 0.0110. The molecule has 0 spiro atoms. The van der Waals surface area contributed by atoms with E-state index in [1.807, 2.05) is 0 Å². The lowest BCUT2D eigenvalue weighted by Gasteiger charge is -2.28. The van der Waals surface area contributed by atoms with E-state index >= 15 is 0 Å². The van der Waals surface area contributed by atoms with Crippen LogP contribution in [0, 0.1) is 19.3 Å². The molecule has 0 atom stereocenters. The molecule has 1 aliphatic heterocycles. The molecule has 0 unspecified atom stereocenters. The fraction of sp³-hybridized carbons (Fsp3) is 0.0952. The van der Waals surface area contributed by atoms with Gasteiger partial charge < -0.3 is 4.74 Å². The lowest BCUT2D eigenvalue weighted by Crippen LogP contribution is -2.54. The molecule has 30 heavy (non-hydrogen) atoms. The van der Waals surface area contributed by atoms with E-state index in [4.69, 9.17) is 22.8 Å². The SMILES string of the molecule is C#CCOc1c(Br)cc(Br)cc1/C=C1\C(=O)NC(=O)N(c2cccc(Cl)c2C)C1=O. The Morgan fingerprint density at radius 1 is 1.27 bits per heavy atom. The van der Waals surface area contributed by atoms with E-state index in [0.717, 1.165) is 4.90 Å². The van der Waals surface area contributed by atoms with Gasteiger partial charge >= 0.3 is 6.03 Å². The Labute approximate surface area is 194 Å². The smallest absolute Gasteiger partial charge is 0.335 e. The van der Waals surface area contributed by atoms with Gasteiger partial charge in [-0.25, -0.2) is 9.69 Å². The van der Waals surface area contributed by atoms with Gasteiger partial charge in [-0.3, -0.25) is 14.9 Å². The van der Waals surface area contributed by atoms with Crippen LogP contribution in [0.1, 0.15) is 11.1 Å². The number of imide groups is 2. The zero-order valence-electron chi connectivity index (χ0n) is 15.5. The first-order chi connectivity index (χ1) is 14.2. The summed E-state index contributed by atoms with van der Waals surface area (Å²) in [6.45, 7) is 1.66. The van der Waals surface area contributed by atoms with Gasteiger partial charge in [0, 0.05) is 15.1 Å². The molecular weight excluding hydrogens is 540 g/mol. The number of benzene rings is 2. The van der Waals surface area contributed by atoms with Crippen molar-refractivity contribution < 1.29 is 19.1 Å². The maximum absolute atomic E-state index is 13.1. The second kappa shape index (κ2) is 9.04. The first-order valence-electron chi connectivity index (χ1n) is 8.46. The van der Waals surface area contributed by atoms with E-state index < -0.39 is 17.8 Å². The minimum atomic E-state index is -0.855. The number of nitrogens with zero attached hydrogens (tertiary/aromatic N) is 1. The highest BCUT2D eigenvalue weighted by molar-refractivity contribution is 9.11. The van der Waals surface area contributed by atoms with Crippen LogP contribution in [0.25, 0.3) is 6.08 Å². The number of hydrogen-bond acceptors (Lipinski definition) is 4. The molecule has 1 N–H and O–H groups in total. The van der Waals surface area contributed by atoms with E-state index in [9.17, 15) is 14.4 Å². The molecule has 3 rings (SSSR count). The van der Waals surface area contributed by atoms with Crippen LogP contribution in [0.3, 0.4) is 0 Å². The number of halogens is 3. The van der Waals surface area contributed by atoms with Gasteiger partial charge in [0.15, 0.2) is 0 Å². The number of hydrogen-bond donors (Lipinski definition) is 1. The highest BCUT2D eigenvalue weighted by Gasteiger charge is 2.37. The molecule has 1 fully saturated rings. The van der Waals surface area contributed by atoms with Crippen LogP contribution in [0.4, 0.5) is 10.5 Å². The molecule has 1 heterocycles. The van der Waals surface area contributed by atoms with Crippen LogP contribution in [0.5, 0.6) is 5.75 Å². The summed E-state index contributed by atoms with van der Waals surface area (Å²) in [6.07, 6.45) is 6.62. The Morgan fingerprint density at radius 3 is 2.70 bits per heavy atom. The average Bonchev–Trinajstić information content (AvgIpc) is 2.67. The Hall–Kier alpha value is -2.60. The molecule has 4 amide bonds. The third kappa shape index (κ3) is 4.29. The Balaban J connectivity index is 2.12. The first kappa shape index (κ1) is 22.1. The summed E-state index contributed by atoms with van der Waals surface area (Å²) in [4.78, 5) is 38.9. The van der Waals surface area contributed by atoms with Gasteiger partial charge in [-0.2, -0.15) is 0 Å². The summed E-state index contributed by atoms with van der Waals surface area (Å²) >= 11 is 12.9. The Kier molecular flexibility index (Phi) is 6.66. The van der Waals surface area contributed by atoms with E-state index in [1.165, 1.54) is 6.08 Å². The average molecular weight is 553 g/mol. The second-order valence-corrected chi connectivity index (χ2v) is 8.32. The topological polar surface area (TPSA) is 75.7 Å². The number of carbonyl (C=O) groups is 3. The normalized spacial score (nSPS) is 15.2. The lowest BCUT2D eigenvalue weighted by atomic mass is 10.0. The van der Waals surface area contributed by atoms with E-state index in [0.29, 0.717) is 30.8 Å². The molecule has 0 aliphatic carbocycles. The van der Waals surface area contributed by atoms with Crippen molar-refractivity contribution in [2.75, 3.05) is 11.5 Å². The third-order valence-electron chi connectivity index (χ3n) is 4.22. The van der Waals surface area contributed by atoms with Crippen LogP contribution in [0.2, 0.25) is 5.02 Å². The maximum atomic E-state index is 13.1. The van der Waals surface area contributed by atoms with Crippen molar-refractivity contribution in [3.63, 3.8) is 0 Å². The molecule has 6 nitrogen and oxygen atoms in total. The number of amides is 4. The second-order valence-electron chi connectivity index (χ2n) is 6.14. The summed E-state index contributed by atoms with van der Waals surface area (Å²) in [5.41, 5.74) is 0.980. The maximum Gasteiger partial charge on any atom is 0.335 e. The number of urea groups is 1. The first-order valence-corrected chi connectivity index (χ1v) is 10.4. The zero-order valence-corrected chi connectivity index (χ0v) is 19.4. The number of nitrogens with one attached hydrogen (secondary N) is 1. The third-order valence-corrected chi connectivity index (χ3v) is 5.67. The van der Waals surface area contributed by atoms with Gasteiger partial charge in [0.2, 0.25) is 0 Å². The van der Waals surface area contributed by atoms with Crippen LogP contribution in [-0.2, 0) is 9.59 Å². The van der Waals surface area contributed by atoms with Gasteiger partial charge in [0.05, 0.1) is 10.2 Å². The molecule has 9 heteroatoms. The molecule has 2 aromatic rings. The molecule has 1 aliphatic rings. The Bertz CT molecular complexity index is 1150. The van der Waals surface area contributed by atoms with Crippen molar-refractivity contribution in [3.05, 3.63) is 61.0 Å². The van der Waals surface area contributed by atoms with Crippen LogP contribution < -0.4 is 15.0 Å². The highest BCUT2D eigenvalue weighted by Crippen LogP contribution is 2.35. The predicted molar refractivity (Wildman–Crippen MR) is 121 cm³/mol. The largest absolute Gasteiger partial charge is 0.479 e. The molecule has 0 aromatic heterocycles. The number of anilines is 1. The van der Waals surface area contributed by atoms with Gasteiger partial charge in [-0.15, -0.1) is 6.42 Å². The number of barbiturate groups is 1. The fourth-order valence-corrected chi connectivity index (χ4v) is 4.37. The van der Waals surface area contributed by atoms with Gasteiger partial charge in [-0.1, -0.05) is 39.5 Å². The standard InChI is InChI=1S/C21H13Br2ClN2O4/c1-3-7-30-18-12(8-13(22)10-15(18)23)9-14-19(27)25-21(29)26(20(14)28)17-6-4-5-16(24)11(17)2/h1,4-6,8-10H,7H2,2H3,(H,25,27,29)/b14-9+. The molecular formula is C21H13Br2ClN2O4. The molecule has 152 valence electrons. The number of rotatable bonds is 4. The van der Waals surface area contributed by atoms with Crippen molar-refractivity contribution in [3.8, 4) is 18.1 Å². The zero-order chi connectivity index (χ0) is 22.0. The monoisotopic (exact) mass is 550 g/mol. The summed E-state index contributed by atoms with van der Waals surface area (Å²) in [5.74, 6) is 1.11. The Morgan fingerprint density at radius 2 is 2.00 bits per heavy atom. The van der Waals surface area contributed by atoms with Crippen LogP contribution in [0.15, 0.2) is 44.9 Å². The van der Waals surface area contributed by atoms with Gasteiger partial charge in [0.1, 0.15) is 17.9 Å². The van der Waals surface area contributed by atoms with Crippen molar-refractivity contribution in [2.24, 2.45) is 0 Å². The lowest BCUT2D eigenvalue weighted by molar-refractivity contribution is -0.122. The number of ether oxygens (including phenoxy) is 1. The summed E-state index contributed by atoms with van der Waals surface area (Å²) in [6, 6.07) is 7.37. The van der Waals surface area contributed by atoms with Crippen molar-refractivity contribution in [2.45, 2.75) is 6.92 Å². The minimum Gasteiger partial charge on any atom is -0.479 e. The molecule has 2 aromatic carbocycles. The number of terminal acetylenes is 1. The van der Waals surface area contributed by atoms with Gasteiger partial charge in [0.25, 0.3) is 11.8 Å². The van der Waals surface area contributed by atoms with Crippen molar-refractivity contribution >= 4 is 73.1 Å². The number of carbonyl (C=O) groups excluding carboxylic acids is 3. The summed E-state index contributed by atoms with van der Waals surface area (Å²) in [7, 11) is 0. The van der Waals surface area contributed by atoms with E-state index in [1.54, 1.807) is 37.3 Å². The van der Waals surface area contributed by atoms with Gasteiger partial charge in [-0.05, 0) is 58.8 Å².